The molecular formula is C16H24N2O3. The Kier molecular flexibility index (Phi) is 5.73. The first-order valence-electron chi connectivity index (χ1n) is 7.54. The fourth-order valence-corrected chi connectivity index (χ4v) is 2.87. The van der Waals surface area contributed by atoms with Gasteiger partial charge in [-0.1, -0.05) is 37.3 Å². The summed E-state index contributed by atoms with van der Waals surface area (Å²) in [6.45, 7) is 5.59. The second-order valence-electron chi connectivity index (χ2n) is 5.53. The highest BCUT2D eigenvalue weighted by molar-refractivity contribution is 5.73. The number of aliphatic carboxylic acids is 1. The Morgan fingerprint density at radius 1 is 1.19 bits per heavy atom. The minimum absolute atomic E-state index is 0.383. The van der Waals surface area contributed by atoms with Gasteiger partial charge in [0, 0.05) is 32.7 Å². The third-order valence-corrected chi connectivity index (χ3v) is 4.13. The van der Waals surface area contributed by atoms with E-state index in [2.05, 4.69) is 4.90 Å². The van der Waals surface area contributed by atoms with E-state index < -0.39 is 12.1 Å². The van der Waals surface area contributed by atoms with Crippen molar-refractivity contribution in [2.24, 2.45) is 0 Å². The van der Waals surface area contributed by atoms with Crippen LogP contribution in [0.1, 0.15) is 25.0 Å². The van der Waals surface area contributed by atoms with E-state index in [-0.39, 0.29) is 6.04 Å². The van der Waals surface area contributed by atoms with Crippen LogP contribution in [-0.2, 0) is 4.79 Å². The molecule has 0 radical (unpaired) electrons. The maximum Gasteiger partial charge on any atom is 0.320 e. The average Bonchev–Trinajstić information content (AvgIpc) is 2.50. The van der Waals surface area contributed by atoms with Crippen molar-refractivity contribution in [3.05, 3.63) is 35.9 Å². The number of aliphatic hydroxyl groups excluding tert-OH is 1. The van der Waals surface area contributed by atoms with Gasteiger partial charge in [0.05, 0.1) is 6.10 Å². The second kappa shape index (κ2) is 7.54. The summed E-state index contributed by atoms with van der Waals surface area (Å²) >= 11 is 0. The molecule has 2 N–H and O–H groups in total. The lowest BCUT2D eigenvalue weighted by molar-refractivity contribution is -0.144. The number of hydrogen-bond donors (Lipinski definition) is 2. The smallest absolute Gasteiger partial charge is 0.320 e. The van der Waals surface area contributed by atoms with Gasteiger partial charge in [0.2, 0.25) is 0 Å². The van der Waals surface area contributed by atoms with Gasteiger partial charge in [-0.25, -0.2) is 0 Å². The van der Waals surface area contributed by atoms with Gasteiger partial charge < -0.3 is 10.2 Å². The Balaban J connectivity index is 1.83. The lowest BCUT2D eigenvalue weighted by Gasteiger charge is -2.38. The van der Waals surface area contributed by atoms with Crippen LogP contribution in [0.25, 0.3) is 0 Å². The van der Waals surface area contributed by atoms with E-state index in [1.807, 2.05) is 42.2 Å². The molecule has 0 bridgehead atoms. The predicted molar refractivity (Wildman–Crippen MR) is 81.1 cm³/mol. The van der Waals surface area contributed by atoms with Crippen LogP contribution in [0.15, 0.2) is 30.3 Å². The van der Waals surface area contributed by atoms with E-state index in [0.29, 0.717) is 13.0 Å². The molecule has 0 saturated carbocycles. The molecular weight excluding hydrogens is 268 g/mol. The van der Waals surface area contributed by atoms with Crippen molar-refractivity contribution < 1.29 is 15.0 Å². The molecule has 5 nitrogen and oxygen atoms in total. The Hall–Kier alpha value is -1.43. The van der Waals surface area contributed by atoms with Crippen molar-refractivity contribution in [1.29, 1.82) is 0 Å². The van der Waals surface area contributed by atoms with Crippen LogP contribution in [0.2, 0.25) is 0 Å². The molecule has 0 aromatic heterocycles. The van der Waals surface area contributed by atoms with Gasteiger partial charge in [-0.2, -0.15) is 0 Å². The first kappa shape index (κ1) is 15.9. The van der Waals surface area contributed by atoms with E-state index in [9.17, 15) is 15.0 Å². The number of rotatable bonds is 6. The highest BCUT2D eigenvalue weighted by Crippen LogP contribution is 2.16. The molecule has 0 spiro atoms. The molecule has 116 valence electrons. The number of β-amino-alcohol motifs (C(OH)–C–C–N with tert-alkyl or cyclic N) is 1. The molecule has 0 unspecified atom stereocenters. The maximum absolute atomic E-state index is 11.2. The Morgan fingerprint density at radius 2 is 1.81 bits per heavy atom. The molecule has 21 heavy (non-hydrogen) atoms. The summed E-state index contributed by atoms with van der Waals surface area (Å²) in [5, 5.41) is 19.4. The van der Waals surface area contributed by atoms with Gasteiger partial charge in [-0.05, 0) is 12.0 Å². The molecule has 2 atom stereocenters. The van der Waals surface area contributed by atoms with Crippen molar-refractivity contribution in [3.8, 4) is 0 Å². The van der Waals surface area contributed by atoms with E-state index in [0.717, 1.165) is 31.7 Å². The number of aliphatic hydroxyl groups is 1. The Morgan fingerprint density at radius 3 is 2.33 bits per heavy atom. The Labute approximate surface area is 125 Å². The van der Waals surface area contributed by atoms with Gasteiger partial charge in [0.1, 0.15) is 6.04 Å². The third-order valence-electron chi connectivity index (χ3n) is 4.13. The predicted octanol–water partition coefficient (Wildman–Crippen LogP) is 1.20. The summed E-state index contributed by atoms with van der Waals surface area (Å²) in [4.78, 5) is 15.4. The van der Waals surface area contributed by atoms with E-state index in [1.165, 1.54) is 0 Å². The average molecular weight is 292 g/mol. The molecule has 0 aliphatic carbocycles. The molecule has 1 aliphatic heterocycles. The highest BCUT2D eigenvalue weighted by atomic mass is 16.4. The number of piperazine rings is 1. The van der Waals surface area contributed by atoms with Crippen LogP contribution in [0.5, 0.6) is 0 Å². The first-order valence-corrected chi connectivity index (χ1v) is 7.54. The van der Waals surface area contributed by atoms with Crippen LogP contribution >= 0.6 is 0 Å². The van der Waals surface area contributed by atoms with Gasteiger partial charge in [-0.15, -0.1) is 0 Å². The number of carbonyl (C=O) groups is 1. The summed E-state index contributed by atoms with van der Waals surface area (Å²) in [7, 11) is 0. The van der Waals surface area contributed by atoms with Crippen LogP contribution in [0, 0.1) is 0 Å². The third kappa shape index (κ3) is 4.27. The molecule has 1 aromatic carbocycles. The van der Waals surface area contributed by atoms with E-state index in [4.69, 9.17) is 0 Å². The van der Waals surface area contributed by atoms with E-state index in [1.54, 1.807) is 0 Å². The summed E-state index contributed by atoms with van der Waals surface area (Å²) in [6.07, 6.45) is 0.140. The highest BCUT2D eigenvalue weighted by Gasteiger charge is 2.27. The topological polar surface area (TPSA) is 64.0 Å². The molecule has 1 aliphatic rings. The Bertz CT molecular complexity index is 444. The van der Waals surface area contributed by atoms with Crippen molar-refractivity contribution in [1.82, 2.24) is 9.80 Å². The van der Waals surface area contributed by atoms with Crippen molar-refractivity contribution >= 4 is 5.97 Å². The van der Waals surface area contributed by atoms with E-state index >= 15 is 0 Å². The quantitative estimate of drug-likeness (QED) is 0.825. The number of carboxylic acid groups (broad SMARTS) is 1. The minimum atomic E-state index is -0.740. The zero-order valence-corrected chi connectivity index (χ0v) is 12.5. The second-order valence-corrected chi connectivity index (χ2v) is 5.53. The maximum atomic E-state index is 11.2. The largest absolute Gasteiger partial charge is 0.480 e. The van der Waals surface area contributed by atoms with Gasteiger partial charge >= 0.3 is 5.97 Å². The normalized spacial score (nSPS) is 20.1. The van der Waals surface area contributed by atoms with Gasteiger partial charge in [0.15, 0.2) is 0 Å². The molecule has 1 aromatic rings. The number of benzene rings is 1. The number of hydrogen-bond acceptors (Lipinski definition) is 4. The number of nitrogens with zero attached hydrogens (tertiary/aromatic N) is 2. The molecule has 1 heterocycles. The molecule has 0 amide bonds. The van der Waals surface area contributed by atoms with Crippen LogP contribution in [-0.4, -0.2) is 64.7 Å². The number of carboxylic acids is 1. The summed E-state index contributed by atoms with van der Waals surface area (Å²) < 4.78 is 0. The molecule has 1 saturated heterocycles. The summed E-state index contributed by atoms with van der Waals surface area (Å²) in [5.74, 6) is -0.740. The zero-order chi connectivity index (χ0) is 15.2. The van der Waals surface area contributed by atoms with Crippen LogP contribution < -0.4 is 0 Å². The van der Waals surface area contributed by atoms with Crippen LogP contribution in [0.4, 0.5) is 0 Å². The van der Waals surface area contributed by atoms with Gasteiger partial charge in [0.25, 0.3) is 0 Å². The monoisotopic (exact) mass is 292 g/mol. The standard InChI is InChI=1S/C16H24N2O3/c1-2-14(16(20)21)18-10-8-17(9-11-18)12-15(19)13-6-4-3-5-7-13/h3-7,14-15,19H,2,8-12H2,1H3,(H,20,21)/t14-,15+/m1/s1. The van der Waals surface area contributed by atoms with Crippen molar-refractivity contribution in [2.45, 2.75) is 25.5 Å². The van der Waals surface area contributed by atoms with Crippen molar-refractivity contribution in [2.75, 3.05) is 32.7 Å². The molecule has 1 fully saturated rings. The molecule has 2 rings (SSSR count). The van der Waals surface area contributed by atoms with Crippen molar-refractivity contribution in [3.63, 3.8) is 0 Å². The molecule has 5 heteroatoms. The lowest BCUT2D eigenvalue weighted by Crippen LogP contribution is -2.53. The minimum Gasteiger partial charge on any atom is -0.480 e. The summed E-state index contributed by atoms with van der Waals surface area (Å²) in [5.41, 5.74) is 0.928. The fraction of sp³-hybridized carbons (Fsp3) is 0.562. The fourth-order valence-electron chi connectivity index (χ4n) is 2.87. The van der Waals surface area contributed by atoms with Crippen LogP contribution in [0.3, 0.4) is 0 Å². The van der Waals surface area contributed by atoms with Gasteiger partial charge in [-0.3, -0.25) is 14.6 Å². The summed E-state index contributed by atoms with van der Waals surface area (Å²) in [6, 6.07) is 9.26. The first-order chi connectivity index (χ1) is 10.1. The SMILES string of the molecule is CC[C@H](C(=O)O)N1CCN(C[C@H](O)c2ccccc2)CC1. The zero-order valence-electron chi connectivity index (χ0n) is 12.5. The lowest BCUT2D eigenvalue weighted by atomic mass is 10.1.